The highest BCUT2D eigenvalue weighted by Crippen LogP contribution is 2.29. The molecule has 0 aromatic carbocycles. The summed E-state index contributed by atoms with van der Waals surface area (Å²) in [6.07, 6.45) is 4.59. The van der Waals surface area contributed by atoms with Crippen LogP contribution in [0.2, 0.25) is 0 Å². The molecule has 2 bridgehead atoms. The summed E-state index contributed by atoms with van der Waals surface area (Å²) in [6.45, 7) is 1.80. The van der Waals surface area contributed by atoms with Gasteiger partial charge in [-0.15, -0.1) is 12.4 Å². The van der Waals surface area contributed by atoms with Crippen LogP contribution >= 0.6 is 12.4 Å². The Morgan fingerprint density at radius 1 is 1.42 bits per heavy atom. The second-order valence-electron chi connectivity index (χ2n) is 5.50. The van der Waals surface area contributed by atoms with Crippen LogP contribution in [-0.4, -0.2) is 41.1 Å². The molecular formula is C13H20ClN3O2. The monoisotopic (exact) mass is 285 g/mol. The molecule has 0 aliphatic carbocycles. The Hall–Kier alpha value is -1.07. The predicted molar refractivity (Wildman–Crippen MR) is 73.5 cm³/mol. The molecule has 0 saturated carbocycles. The van der Waals surface area contributed by atoms with Crippen molar-refractivity contribution in [2.45, 2.75) is 50.7 Å². The lowest BCUT2D eigenvalue weighted by Crippen LogP contribution is -2.48. The minimum atomic E-state index is -0.0295. The summed E-state index contributed by atoms with van der Waals surface area (Å²) in [4.78, 5) is 14.1. The van der Waals surface area contributed by atoms with Crippen LogP contribution in [-0.2, 0) is 0 Å². The normalized spacial score (nSPS) is 28.8. The van der Waals surface area contributed by atoms with E-state index in [0.717, 1.165) is 12.8 Å². The van der Waals surface area contributed by atoms with Gasteiger partial charge in [-0.25, -0.2) is 0 Å². The largest absolute Gasteiger partial charge is 0.361 e. The topological polar surface area (TPSA) is 58.4 Å². The number of halogens is 1. The molecule has 106 valence electrons. The van der Waals surface area contributed by atoms with Crippen molar-refractivity contribution in [1.82, 2.24) is 15.4 Å². The van der Waals surface area contributed by atoms with E-state index in [-0.39, 0.29) is 18.3 Å². The lowest BCUT2D eigenvalue weighted by Gasteiger charge is -2.35. The van der Waals surface area contributed by atoms with Gasteiger partial charge < -0.3 is 14.7 Å². The van der Waals surface area contributed by atoms with Gasteiger partial charge in [0, 0.05) is 31.2 Å². The summed E-state index contributed by atoms with van der Waals surface area (Å²) in [5.41, 5.74) is 0.417. The van der Waals surface area contributed by atoms with E-state index >= 15 is 0 Å². The summed E-state index contributed by atoms with van der Waals surface area (Å²) < 4.78 is 4.97. The molecule has 2 atom stereocenters. The van der Waals surface area contributed by atoms with Gasteiger partial charge in [-0.2, -0.15) is 0 Å². The number of carbonyl (C=O) groups excluding carboxylic acids is 1. The van der Waals surface area contributed by atoms with Crippen LogP contribution in [0.3, 0.4) is 0 Å². The maximum absolute atomic E-state index is 12.3. The zero-order chi connectivity index (χ0) is 12.7. The third-order valence-corrected chi connectivity index (χ3v) is 4.16. The van der Waals surface area contributed by atoms with E-state index in [2.05, 4.69) is 10.5 Å². The molecule has 5 nitrogen and oxygen atoms in total. The van der Waals surface area contributed by atoms with Crippen LogP contribution in [0.4, 0.5) is 0 Å². The van der Waals surface area contributed by atoms with Gasteiger partial charge in [0.2, 0.25) is 0 Å². The van der Waals surface area contributed by atoms with Crippen molar-refractivity contribution in [1.29, 1.82) is 0 Å². The number of carbonyl (C=O) groups is 1. The smallest absolute Gasteiger partial charge is 0.276 e. The Labute approximate surface area is 119 Å². The molecule has 2 unspecified atom stereocenters. The van der Waals surface area contributed by atoms with E-state index in [0.29, 0.717) is 29.6 Å². The van der Waals surface area contributed by atoms with E-state index in [4.69, 9.17) is 4.52 Å². The van der Waals surface area contributed by atoms with Crippen LogP contribution in [0.1, 0.15) is 41.9 Å². The summed E-state index contributed by atoms with van der Waals surface area (Å²) in [7, 11) is 1.88. The first-order valence-corrected chi connectivity index (χ1v) is 6.60. The Morgan fingerprint density at radius 3 is 2.58 bits per heavy atom. The molecule has 1 amide bonds. The average molecular weight is 286 g/mol. The van der Waals surface area contributed by atoms with Crippen LogP contribution in [0.5, 0.6) is 0 Å². The summed E-state index contributed by atoms with van der Waals surface area (Å²) in [5, 5.41) is 7.39. The van der Waals surface area contributed by atoms with Crippen molar-refractivity contribution >= 4 is 18.3 Å². The van der Waals surface area contributed by atoms with E-state index < -0.39 is 0 Å². The van der Waals surface area contributed by atoms with Crippen LogP contribution in [0.15, 0.2) is 10.6 Å². The molecule has 2 aliphatic rings. The maximum atomic E-state index is 12.3. The van der Waals surface area contributed by atoms with Gasteiger partial charge in [0.15, 0.2) is 5.69 Å². The van der Waals surface area contributed by atoms with Crippen LogP contribution in [0.25, 0.3) is 0 Å². The number of piperidine rings is 1. The first-order chi connectivity index (χ1) is 8.63. The van der Waals surface area contributed by atoms with E-state index in [1.54, 1.807) is 13.0 Å². The zero-order valence-corrected chi connectivity index (χ0v) is 12.1. The van der Waals surface area contributed by atoms with Crippen molar-refractivity contribution < 1.29 is 9.32 Å². The number of rotatable bonds is 2. The second kappa shape index (κ2) is 5.51. The Kier molecular flexibility index (Phi) is 4.16. The molecule has 3 heterocycles. The molecule has 1 aromatic rings. The third-order valence-electron chi connectivity index (χ3n) is 4.16. The quantitative estimate of drug-likeness (QED) is 0.899. The van der Waals surface area contributed by atoms with Gasteiger partial charge in [0.05, 0.1) is 0 Å². The molecule has 0 spiro atoms. The molecule has 2 aliphatic heterocycles. The van der Waals surface area contributed by atoms with Gasteiger partial charge in [-0.05, 0) is 32.6 Å². The standard InChI is InChI=1S/C13H19N3O2.ClH/c1-8-5-12(15-18-8)13(17)16(2)11-6-9-3-4-10(7-11)14-9;/h5,9-11,14H,3-4,6-7H2,1-2H3;1H. The van der Waals surface area contributed by atoms with E-state index in [9.17, 15) is 4.79 Å². The maximum Gasteiger partial charge on any atom is 0.276 e. The fraction of sp³-hybridized carbons (Fsp3) is 0.692. The number of nitrogens with one attached hydrogen (secondary N) is 1. The number of aromatic nitrogens is 1. The number of amides is 1. The Morgan fingerprint density at radius 2 is 2.05 bits per heavy atom. The molecule has 19 heavy (non-hydrogen) atoms. The molecule has 2 saturated heterocycles. The average Bonchev–Trinajstić information content (AvgIpc) is 2.94. The Bertz CT molecular complexity index is 450. The summed E-state index contributed by atoms with van der Waals surface area (Å²) >= 11 is 0. The van der Waals surface area contributed by atoms with E-state index in [1.165, 1.54) is 12.8 Å². The van der Waals surface area contributed by atoms with Crippen molar-refractivity contribution in [3.63, 3.8) is 0 Å². The minimum Gasteiger partial charge on any atom is -0.361 e. The first-order valence-electron chi connectivity index (χ1n) is 6.60. The van der Waals surface area contributed by atoms with Crippen LogP contribution < -0.4 is 5.32 Å². The predicted octanol–water partition coefficient (Wildman–Crippen LogP) is 1.76. The zero-order valence-electron chi connectivity index (χ0n) is 11.3. The summed E-state index contributed by atoms with van der Waals surface area (Å²) in [6, 6.07) is 3.20. The number of aryl methyl sites for hydroxylation is 1. The lowest BCUT2D eigenvalue weighted by atomic mass is 9.98. The molecule has 3 rings (SSSR count). The first kappa shape index (κ1) is 14.3. The third kappa shape index (κ3) is 2.77. The van der Waals surface area contributed by atoms with Crippen LogP contribution in [0, 0.1) is 6.92 Å². The fourth-order valence-electron chi connectivity index (χ4n) is 3.16. The second-order valence-corrected chi connectivity index (χ2v) is 5.50. The molecule has 1 aromatic heterocycles. The molecule has 1 N–H and O–H groups in total. The van der Waals surface area contributed by atoms with Gasteiger partial charge in [0.1, 0.15) is 5.76 Å². The van der Waals surface area contributed by atoms with Crippen molar-refractivity contribution in [3.8, 4) is 0 Å². The van der Waals surface area contributed by atoms with E-state index in [1.807, 2.05) is 11.9 Å². The molecule has 2 fully saturated rings. The highest BCUT2D eigenvalue weighted by Gasteiger charge is 2.36. The van der Waals surface area contributed by atoms with Gasteiger partial charge >= 0.3 is 0 Å². The van der Waals surface area contributed by atoms with Crippen molar-refractivity contribution in [2.75, 3.05) is 7.05 Å². The number of nitrogens with zero attached hydrogens (tertiary/aromatic N) is 2. The lowest BCUT2D eigenvalue weighted by molar-refractivity contribution is 0.0671. The minimum absolute atomic E-state index is 0. The molecular weight excluding hydrogens is 266 g/mol. The van der Waals surface area contributed by atoms with Crippen molar-refractivity contribution in [3.05, 3.63) is 17.5 Å². The highest BCUT2D eigenvalue weighted by molar-refractivity contribution is 5.92. The SMILES string of the molecule is Cc1cc(C(=O)N(C)C2CC3CCC(C2)N3)no1.Cl. The molecule has 6 heteroatoms. The van der Waals surface area contributed by atoms with Gasteiger partial charge in [0.25, 0.3) is 5.91 Å². The Balaban J connectivity index is 0.00000133. The fourth-order valence-corrected chi connectivity index (χ4v) is 3.16. The highest BCUT2D eigenvalue weighted by atomic mass is 35.5. The van der Waals surface area contributed by atoms with Gasteiger partial charge in [-0.3, -0.25) is 4.79 Å². The number of hydrogen-bond acceptors (Lipinski definition) is 4. The number of hydrogen-bond donors (Lipinski definition) is 1. The summed E-state index contributed by atoms with van der Waals surface area (Å²) in [5.74, 6) is 0.648. The number of fused-ring (bicyclic) bond motifs is 2. The van der Waals surface area contributed by atoms with Crippen molar-refractivity contribution in [2.24, 2.45) is 0 Å². The molecule has 0 radical (unpaired) electrons. The van der Waals surface area contributed by atoms with Gasteiger partial charge in [-0.1, -0.05) is 5.16 Å².